The van der Waals surface area contributed by atoms with E-state index in [1.54, 1.807) is 17.4 Å². The highest BCUT2D eigenvalue weighted by Gasteiger charge is 2.34. The van der Waals surface area contributed by atoms with Crippen LogP contribution in [-0.2, 0) is 12.7 Å². The Morgan fingerprint density at radius 3 is 2.50 bits per heavy atom. The van der Waals surface area contributed by atoms with Gasteiger partial charge in [-0.3, -0.25) is 0 Å². The number of alkyl halides is 3. The van der Waals surface area contributed by atoms with E-state index >= 15 is 0 Å². The molecule has 6 heteroatoms. The minimum Gasteiger partial charge on any atom is -0.329 e. The van der Waals surface area contributed by atoms with E-state index in [1.807, 2.05) is 17.5 Å². The minimum atomic E-state index is -4.37. The number of nitrogens with two attached hydrogens (primary N) is 1. The average Bonchev–Trinajstić information content (AvgIpc) is 2.92. The molecule has 0 saturated carbocycles. The van der Waals surface area contributed by atoms with Crippen LogP contribution in [0.2, 0.25) is 0 Å². The van der Waals surface area contributed by atoms with Crippen LogP contribution in [0, 0.1) is 0 Å². The lowest BCUT2D eigenvalue weighted by Crippen LogP contribution is -2.29. The molecule has 0 bridgehead atoms. The van der Waals surface area contributed by atoms with Crippen molar-refractivity contribution in [2.24, 2.45) is 5.73 Å². The maximum atomic E-state index is 13.0. The molecular weight excluding hydrogens is 285 g/mol. The second kappa shape index (κ2) is 6.39. The summed E-state index contributed by atoms with van der Waals surface area (Å²) in [6.07, 6.45) is -4.37. The maximum Gasteiger partial charge on any atom is 0.416 e. The van der Waals surface area contributed by atoms with Crippen LogP contribution < -0.4 is 11.1 Å². The Morgan fingerprint density at radius 1 is 1.15 bits per heavy atom. The summed E-state index contributed by atoms with van der Waals surface area (Å²) in [5.41, 5.74) is 5.19. The van der Waals surface area contributed by atoms with Crippen molar-refractivity contribution in [1.29, 1.82) is 0 Å². The highest BCUT2D eigenvalue weighted by Crippen LogP contribution is 2.34. The summed E-state index contributed by atoms with van der Waals surface area (Å²) in [6, 6.07) is 8.87. The average molecular weight is 300 g/mol. The van der Waals surface area contributed by atoms with E-state index in [4.69, 9.17) is 5.73 Å². The monoisotopic (exact) mass is 300 g/mol. The van der Waals surface area contributed by atoms with E-state index in [2.05, 4.69) is 5.32 Å². The van der Waals surface area contributed by atoms with Crippen molar-refractivity contribution in [1.82, 2.24) is 5.32 Å². The lowest BCUT2D eigenvalue weighted by Gasteiger charge is -2.21. The van der Waals surface area contributed by atoms with Crippen molar-refractivity contribution in [3.8, 4) is 0 Å². The fraction of sp³-hybridized carbons (Fsp3) is 0.286. The van der Waals surface area contributed by atoms with Gasteiger partial charge in [0.05, 0.1) is 5.56 Å². The van der Waals surface area contributed by atoms with Gasteiger partial charge in [-0.2, -0.15) is 13.2 Å². The molecule has 1 atom stereocenters. The molecular formula is C14H15F3N2S. The Morgan fingerprint density at radius 2 is 1.90 bits per heavy atom. The second-order valence-corrected chi connectivity index (χ2v) is 5.37. The van der Waals surface area contributed by atoms with E-state index in [0.29, 0.717) is 6.54 Å². The van der Waals surface area contributed by atoms with E-state index in [0.717, 1.165) is 10.9 Å². The summed E-state index contributed by atoms with van der Waals surface area (Å²) >= 11 is 1.55. The van der Waals surface area contributed by atoms with Gasteiger partial charge < -0.3 is 11.1 Å². The van der Waals surface area contributed by atoms with Gasteiger partial charge in [0.2, 0.25) is 0 Å². The van der Waals surface area contributed by atoms with Crippen molar-refractivity contribution >= 4 is 11.3 Å². The van der Waals surface area contributed by atoms with Gasteiger partial charge in [-0.1, -0.05) is 24.3 Å². The van der Waals surface area contributed by atoms with Crippen LogP contribution >= 0.6 is 11.3 Å². The number of hydrogen-bond acceptors (Lipinski definition) is 3. The van der Waals surface area contributed by atoms with E-state index in [-0.39, 0.29) is 12.1 Å². The topological polar surface area (TPSA) is 38.0 Å². The zero-order valence-corrected chi connectivity index (χ0v) is 11.5. The van der Waals surface area contributed by atoms with Gasteiger partial charge in [0, 0.05) is 24.0 Å². The molecule has 0 radical (unpaired) electrons. The van der Waals surface area contributed by atoms with E-state index in [1.165, 1.54) is 12.1 Å². The van der Waals surface area contributed by atoms with Crippen LogP contribution in [0.15, 0.2) is 41.8 Å². The largest absolute Gasteiger partial charge is 0.416 e. The summed E-state index contributed by atoms with van der Waals surface area (Å²) in [7, 11) is 0. The molecule has 108 valence electrons. The summed E-state index contributed by atoms with van der Waals surface area (Å²) in [5, 5.41) is 5.01. The Bertz CT molecular complexity index is 538. The number of hydrogen-bond donors (Lipinski definition) is 2. The maximum absolute atomic E-state index is 13.0. The highest BCUT2D eigenvalue weighted by atomic mass is 32.1. The second-order valence-electron chi connectivity index (χ2n) is 4.33. The quantitative estimate of drug-likeness (QED) is 0.886. The van der Waals surface area contributed by atoms with Gasteiger partial charge in [0.15, 0.2) is 0 Å². The van der Waals surface area contributed by atoms with Crippen LogP contribution in [0.4, 0.5) is 13.2 Å². The number of nitrogens with one attached hydrogen (secondary N) is 1. The van der Waals surface area contributed by atoms with Crippen LogP contribution in [0.1, 0.15) is 22.0 Å². The lowest BCUT2D eigenvalue weighted by atomic mass is 10.00. The van der Waals surface area contributed by atoms with Crippen LogP contribution in [0.5, 0.6) is 0 Å². The molecule has 20 heavy (non-hydrogen) atoms. The highest BCUT2D eigenvalue weighted by molar-refractivity contribution is 7.09. The van der Waals surface area contributed by atoms with Crippen molar-refractivity contribution in [2.75, 3.05) is 6.54 Å². The van der Waals surface area contributed by atoms with Crippen LogP contribution in [0.3, 0.4) is 0 Å². The first kappa shape index (κ1) is 15.0. The molecule has 0 amide bonds. The number of thiophene rings is 1. The smallest absolute Gasteiger partial charge is 0.329 e. The zero-order valence-electron chi connectivity index (χ0n) is 10.7. The SMILES string of the molecule is NCC(NCc1cccs1)c1ccccc1C(F)(F)F. The fourth-order valence-corrected chi connectivity index (χ4v) is 2.67. The number of rotatable bonds is 5. The third kappa shape index (κ3) is 3.59. The van der Waals surface area contributed by atoms with Gasteiger partial charge >= 0.3 is 6.18 Å². The van der Waals surface area contributed by atoms with Crippen molar-refractivity contribution in [3.63, 3.8) is 0 Å². The molecule has 3 N–H and O–H groups in total. The van der Waals surface area contributed by atoms with Crippen molar-refractivity contribution in [3.05, 3.63) is 57.8 Å². The molecule has 1 unspecified atom stereocenters. The van der Waals surface area contributed by atoms with Crippen molar-refractivity contribution < 1.29 is 13.2 Å². The molecule has 0 saturated heterocycles. The molecule has 1 aromatic heterocycles. The lowest BCUT2D eigenvalue weighted by molar-refractivity contribution is -0.138. The predicted molar refractivity (Wildman–Crippen MR) is 74.4 cm³/mol. The zero-order chi connectivity index (χ0) is 14.6. The Balaban J connectivity index is 2.19. The van der Waals surface area contributed by atoms with Gasteiger partial charge in [-0.15, -0.1) is 11.3 Å². The molecule has 0 aliphatic rings. The molecule has 0 fully saturated rings. The van der Waals surface area contributed by atoms with Gasteiger partial charge in [-0.05, 0) is 23.1 Å². The molecule has 2 aromatic rings. The molecule has 1 heterocycles. The number of benzene rings is 1. The van der Waals surface area contributed by atoms with Gasteiger partial charge in [-0.25, -0.2) is 0 Å². The summed E-state index contributed by atoms with van der Waals surface area (Å²) in [5.74, 6) is 0. The first-order valence-corrected chi connectivity index (χ1v) is 7.02. The summed E-state index contributed by atoms with van der Waals surface area (Å²) < 4.78 is 39.0. The predicted octanol–water partition coefficient (Wildman–Crippen LogP) is 3.56. The molecule has 0 spiro atoms. The van der Waals surface area contributed by atoms with Crippen LogP contribution in [0.25, 0.3) is 0 Å². The third-order valence-electron chi connectivity index (χ3n) is 2.98. The Kier molecular flexibility index (Phi) is 4.80. The normalized spacial score (nSPS) is 13.4. The summed E-state index contributed by atoms with van der Waals surface area (Å²) in [6.45, 7) is 0.615. The Hall–Kier alpha value is -1.37. The minimum absolute atomic E-state index is 0.110. The van der Waals surface area contributed by atoms with Gasteiger partial charge in [0.25, 0.3) is 0 Å². The summed E-state index contributed by atoms with van der Waals surface area (Å²) in [4.78, 5) is 1.06. The third-order valence-corrected chi connectivity index (χ3v) is 3.86. The molecule has 1 aromatic carbocycles. The molecule has 0 aliphatic heterocycles. The fourth-order valence-electron chi connectivity index (χ4n) is 2.02. The molecule has 0 aliphatic carbocycles. The standard InChI is InChI=1S/C14H15F3N2S/c15-14(16,17)12-6-2-1-5-11(12)13(8-18)19-9-10-4-3-7-20-10/h1-7,13,19H,8-9,18H2. The van der Waals surface area contributed by atoms with Gasteiger partial charge in [0.1, 0.15) is 0 Å². The van der Waals surface area contributed by atoms with Crippen LogP contribution in [-0.4, -0.2) is 6.54 Å². The molecule has 2 nitrogen and oxygen atoms in total. The van der Waals surface area contributed by atoms with Crippen molar-refractivity contribution in [2.45, 2.75) is 18.8 Å². The Labute approximate surface area is 119 Å². The number of halogens is 3. The first-order valence-electron chi connectivity index (χ1n) is 6.14. The van der Waals surface area contributed by atoms with E-state index < -0.39 is 17.8 Å². The molecule has 2 rings (SSSR count). The van der Waals surface area contributed by atoms with E-state index in [9.17, 15) is 13.2 Å². The first-order chi connectivity index (χ1) is 9.52.